The summed E-state index contributed by atoms with van der Waals surface area (Å²) < 4.78 is 4.84. The lowest BCUT2D eigenvalue weighted by Crippen LogP contribution is -2.07. The second-order valence-electron chi connectivity index (χ2n) is 2.82. The van der Waals surface area contributed by atoms with Gasteiger partial charge in [-0.05, 0) is 31.8 Å². The van der Waals surface area contributed by atoms with Crippen LogP contribution in [0.2, 0.25) is 0 Å². The van der Waals surface area contributed by atoms with Gasteiger partial charge in [0.05, 0.1) is 12.2 Å². The molecule has 0 unspecified atom stereocenters. The van der Waals surface area contributed by atoms with E-state index in [4.69, 9.17) is 4.74 Å². The van der Waals surface area contributed by atoms with Gasteiger partial charge >= 0.3 is 5.97 Å². The summed E-state index contributed by atoms with van der Waals surface area (Å²) in [6.45, 7) is 5.93. The van der Waals surface area contributed by atoms with Crippen molar-refractivity contribution in [2.24, 2.45) is 0 Å². The van der Waals surface area contributed by atoms with Gasteiger partial charge in [-0.15, -0.1) is 0 Å². The maximum Gasteiger partial charge on any atom is 0.337 e. The second-order valence-corrected chi connectivity index (χ2v) is 2.82. The van der Waals surface area contributed by atoms with Gasteiger partial charge in [0, 0.05) is 0 Å². The van der Waals surface area contributed by atoms with E-state index in [1.807, 2.05) is 0 Å². The van der Waals surface area contributed by atoms with Crippen LogP contribution in [0.1, 0.15) is 26.2 Å². The Morgan fingerprint density at radius 2 is 2.50 bits per heavy atom. The van der Waals surface area contributed by atoms with Gasteiger partial charge in [0.15, 0.2) is 0 Å². The Morgan fingerprint density at radius 1 is 1.75 bits per heavy atom. The number of esters is 1. The first-order valence-corrected chi connectivity index (χ1v) is 4.31. The number of hydrogen-bond donors (Lipinski definition) is 0. The van der Waals surface area contributed by atoms with Gasteiger partial charge in [-0.3, -0.25) is 0 Å². The molecule has 12 heavy (non-hydrogen) atoms. The fourth-order valence-corrected chi connectivity index (χ4v) is 1.29. The molecule has 0 bridgehead atoms. The van der Waals surface area contributed by atoms with E-state index in [1.54, 1.807) is 6.92 Å². The average molecular weight is 166 g/mol. The van der Waals surface area contributed by atoms with Crippen molar-refractivity contribution in [1.82, 2.24) is 0 Å². The number of ether oxygens (including phenoxy) is 1. The van der Waals surface area contributed by atoms with Gasteiger partial charge in [0.25, 0.3) is 0 Å². The minimum atomic E-state index is -0.273. The molecular formula is C10H14O2. The van der Waals surface area contributed by atoms with Crippen molar-refractivity contribution >= 4 is 5.97 Å². The number of rotatable bonds is 3. The minimum absolute atomic E-state index is 0.273. The Hall–Kier alpha value is -1.05. The summed E-state index contributed by atoms with van der Waals surface area (Å²) >= 11 is 0. The van der Waals surface area contributed by atoms with E-state index in [9.17, 15) is 4.79 Å². The smallest absolute Gasteiger partial charge is 0.337 e. The van der Waals surface area contributed by atoms with E-state index in [0.29, 0.717) is 12.2 Å². The minimum Gasteiger partial charge on any atom is -0.462 e. The Kier molecular flexibility index (Phi) is 3.09. The Bertz CT molecular complexity index is 226. The molecule has 0 aliphatic heterocycles. The summed E-state index contributed by atoms with van der Waals surface area (Å²) in [5, 5.41) is 0. The Morgan fingerprint density at radius 3 is 3.00 bits per heavy atom. The first-order chi connectivity index (χ1) is 5.75. The second kappa shape index (κ2) is 4.10. The van der Waals surface area contributed by atoms with E-state index in [0.717, 1.165) is 24.8 Å². The number of hydrogen-bond acceptors (Lipinski definition) is 2. The summed E-state index contributed by atoms with van der Waals surface area (Å²) in [5.74, 6) is -0.273. The van der Waals surface area contributed by atoms with Crippen LogP contribution in [0.25, 0.3) is 0 Å². The third kappa shape index (κ3) is 1.97. The predicted molar refractivity (Wildman–Crippen MR) is 47.7 cm³/mol. The molecule has 0 fully saturated rings. The highest BCUT2D eigenvalue weighted by molar-refractivity contribution is 5.92. The van der Waals surface area contributed by atoms with Gasteiger partial charge in [0.2, 0.25) is 0 Å². The van der Waals surface area contributed by atoms with Crippen LogP contribution in [-0.2, 0) is 9.53 Å². The summed E-state index contributed by atoms with van der Waals surface area (Å²) in [5.41, 5.74) is 1.60. The number of carbonyl (C=O) groups is 1. The molecule has 0 aromatic carbocycles. The van der Waals surface area contributed by atoms with Crippen LogP contribution in [0.15, 0.2) is 23.8 Å². The summed E-state index contributed by atoms with van der Waals surface area (Å²) in [7, 11) is 0. The lowest BCUT2D eigenvalue weighted by atomic mass is 10.1. The standard InChI is InChI=1S/C10H14O2/c1-3-12-10(11)8(2)9-6-4-5-7-9/h6H,2-5,7H2,1H3. The molecule has 0 spiro atoms. The lowest BCUT2D eigenvalue weighted by Gasteiger charge is -2.04. The zero-order valence-electron chi connectivity index (χ0n) is 7.43. The van der Waals surface area contributed by atoms with Gasteiger partial charge in [0.1, 0.15) is 0 Å². The first kappa shape index (κ1) is 9.04. The highest BCUT2D eigenvalue weighted by Gasteiger charge is 2.15. The highest BCUT2D eigenvalue weighted by atomic mass is 16.5. The van der Waals surface area contributed by atoms with Crippen LogP contribution in [0.5, 0.6) is 0 Å². The van der Waals surface area contributed by atoms with Crippen molar-refractivity contribution < 1.29 is 9.53 Å². The average Bonchev–Trinajstić information content (AvgIpc) is 2.55. The van der Waals surface area contributed by atoms with Crippen LogP contribution < -0.4 is 0 Å². The molecule has 0 aromatic rings. The van der Waals surface area contributed by atoms with Gasteiger partial charge in [-0.1, -0.05) is 12.7 Å². The van der Waals surface area contributed by atoms with E-state index in [1.165, 1.54) is 0 Å². The fourth-order valence-electron chi connectivity index (χ4n) is 1.29. The van der Waals surface area contributed by atoms with Gasteiger partial charge < -0.3 is 4.74 Å². The van der Waals surface area contributed by atoms with Gasteiger partial charge in [-0.25, -0.2) is 4.79 Å². The molecule has 2 nitrogen and oxygen atoms in total. The third-order valence-electron chi connectivity index (χ3n) is 1.95. The molecule has 0 saturated heterocycles. The van der Waals surface area contributed by atoms with Crippen molar-refractivity contribution in [1.29, 1.82) is 0 Å². The van der Waals surface area contributed by atoms with E-state index in [2.05, 4.69) is 12.7 Å². The number of carbonyl (C=O) groups excluding carboxylic acids is 1. The normalized spacial score (nSPS) is 15.6. The topological polar surface area (TPSA) is 26.3 Å². The van der Waals surface area contributed by atoms with Crippen LogP contribution in [0.4, 0.5) is 0 Å². The zero-order chi connectivity index (χ0) is 8.97. The lowest BCUT2D eigenvalue weighted by molar-refractivity contribution is -0.138. The van der Waals surface area contributed by atoms with Crippen molar-refractivity contribution in [2.75, 3.05) is 6.61 Å². The molecule has 66 valence electrons. The molecule has 0 heterocycles. The molecule has 0 radical (unpaired) electrons. The third-order valence-corrected chi connectivity index (χ3v) is 1.95. The maximum absolute atomic E-state index is 11.2. The molecule has 2 heteroatoms. The zero-order valence-corrected chi connectivity index (χ0v) is 7.43. The predicted octanol–water partition coefficient (Wildman–Crippen LogP) is 2.22. The molecule has 0 N–H and O–H groups in total. The molecule has 1 rings (SSSR count). The van der Waals surface area contributed by atoms with E-state index < -0.39 is 0 Å². The molecule has 0 amide bonds. The summed E-state index contributed by atoms with van der Waals surface area (Å²) in [4.78, 5) is 11.2. The van der Waals surface area contributed by atoms with Crippen molar-refractivity contribution in [3.05, 3.63) is 23.8 Å². The van der Waals surface area contributed by atoms with Crippen LogP contribution in [0, 0.1) is 0 Å². The molecule has 0 aromatic heterocycles. The quantitative estimate of drug-likeness (QED) is 0.474. The van der Waals surface area contributed by atoms with Crippen LogP contribution >= 0.6 is 0 Å². The molecule has 0 saturated carbocycles. The first-order valence-electron chi connectivity index (χ1n) is 4.31. The maximum atomic E-state index is 11.2. The van der Waals surface area contributed by atoms with Crippen LogP contribution in [-0.4, -0.2) is 12.6 Å². The Balaban J connectivity index is 2.52. The molecular weight excluding hydrogens is 152 g/mol. The van der Waals surface area contributed by atoms with E-state index in [-0.39, 0.29) is 5.97 Å². The van der Waals surface area contributed by atoms with Crippen molar-refractivity contribution in [2.45, 2.75) is 26.2 Å². The molecule has 1 aliphatic rings. The molecule has 0 atom stereocenters. The van der Waals surface area contributed by atoms with Gasteiger partial charge in [-0.2, -0.15) is 0 Å². The fraction of sp³-hybridized carbons (Fsp3) is 0.500. The monoisotopic (exact) mass is 166 g/mol. The Labute approximate surface area is 72.9 Å². The van der Waals surface area contributed by atoms with Crippen molar-refractivity contribution in [3.63, 3.8) is 0 Å². The van der Waals surface area contributed by atoms with Crippen molar-refractivity contribution in [3.8, 4) is 0 Å². The number of allylic oxidation sites excluding steroid dienone is 1. The summed E-state index contributed by atoms with van der Waals surface area (Å²) in [6, 6.07) is 0. The SMILES string of the molecule is C=C(C(=O)OCC)C1=CCCC1. The summed E-state index contributed by atoms with van der Waals surface area (Å²) in [6.07, 6.45) is 5.23. The van der Waals surface area contributed by atoms with E-state index >= 15 is 0 Å². The largest absolute Gasteiger partial charge is 0.462 e. The molecule has 1 aliphatic carbocycles. The van der Waals surface area contributed by atoms with Crippen LogP contribution in [0.3, 0.4) is 0 Å². The highest BCUT2D eigenvalue weighted by Crippen LogP contribution is 2.24.